The summed E-state index contributed by atoms with van der Waals surface area (Å²) < 4.78 is 0. The molecule has 0 heterocycles. The van der Waals surface area contributed by atoms with Gasteiger partial charge in [0.25, 0.3) is 0 Å². The van der Waals surface area contributed by atoms with Crippen LogP contribution in [0.5, 0.6) is 0 Å². The molecule has 106 valence electrons. The summed E-state index contributed by atoms with van der Waals surface area (Å²) in [6, 6.07) is 17.1. The van der Waals surface area contributed by atoms with E-state index in [4.69, 9.17) is 33.7 Å². The van der Waals surface area contributed by atoms with E-state index in [1.54, 1.807) is 48.5 Å². The third kappa shape index (κ3) is 3.93. The van der Waals surface area contributed by atoms with Gasteiger partial charge >= 0.3 is 0 Å². The number of hydrogen-bond acceptors (Lipinski definition) is 4. The summed E-state index contributed by atoms with van der Waals surface area (Å²) in [5, 5.41) is 27.1. The summed E-state index contributed by atoms with van der Waals surface area (Å²) in [6.45, 7) is 0. The first-order valence-corrected chi connectivity index (χ1v) is 6.87. The maximum Gasteiger partial charge on any atom is 0.170 e. The second kappa shape index (κ2) is 7.38. The Bertz CT molecular complexity index is 736. The lowest BCUT2D eigenvalue weighted by molar-refractivity contribution is 1.24. The van der Waals surface area contributed by atoms with Gasteiger partial charge in [-0.2, -0.15) is 10.5 Å². The standard InChI is InChI=1S/C16H8Cl2N4/c17-13-5-1-11(2-6-13)15(9-19)21-22-16(10-20)12-3-7-14(18)8-4-12/h1-8H/b21-15+,22-16+. The fourth-order valence-corrected chi connectivity index (χ4v) is 1.86. The third-order valence-electron chi connectivity index (χ3n) is 2.70. The van der Waals surface area contributed by atoms with Crippen LogP contribution in [0.25, 0.3) is 0 Å². The van der Waals surface area contributed by atoms with E-state index in [0.717, 1.165) is 0 Å². The maximum atomic E-state index is 9.16. The van der Waals surface area contributed by atoms with Gasteiger partial charge in [-0.15, -0.1) is 10.2 Å². The molecule has 6 heteroatoms. The predicted octanol–water partition coefficient (Wildman–Crippen LogP) is 4.23. The van der Waals surface area contributed by atoms with Crippen LogP contribution in [-0.2, 0) is 0 Å². The molecule has 0 aromatic heterocycles. The Kier molecular flexibility index (Phi) is 5.27. The van der Waals surface area contributed by atoms with E-state index in [9.17, 15) is 0 Å². The van der Waals surface area contributed by atoms with Gasteiger partial charge in [0.1, 0.15) is 12.1 Å². The molecule has 0 fully saturated rings. The van der Waals surface area contributed by atoms with E-state index >= 15 is 0 Å². The van der Waals surface area contributed by atoms with E-state index in [2.05, 4.69) is 10.2 Å². The topological polar surface area (TPSA) is 72.3 Å². The second-order valence-electron chi connectivity index (χ2n) is 4.13. The molecule has 0 spiro atoms. The van der Waals surface area contributed by atoms with Crippen molar-refractivity contribution in [2.45, 2.75) is 0 Å². The average Bonchev–Trinajstić information content (AvgIpc) is 2.54. The largest absolute Gasteiger partial charge is 0.191 e. The van der Waals surface area contributed by atoms with Crippen LogP contribution >= 0.6 is 23.2 Å². The molecular formula is C16H8Cl2N4. The minimum absolute atomic E-state index is 0.0957. The molecule has 0 aliphatic carbocycles. The fraction of sp³-hybridized carbons (Fsp3) is 0. The van der Waals surface area contributed by atoms with E-state index < -0.39 is 0 Å². The molecule has 2 aromatic rings. The molecule has 22 heavy (non-hydrogen) atoms. The number of rotatable bonds is 3. The van der Waals surface area contributed by atoms with E-state index in [0.29, 0.717) is 21.2 Å². The van der Waals surface area contributed by atoms with Crippen LogP contribution < -0.4 is 0 Å². The van der Waals surface area contributed by atoms with Gasteiger partial charge in [-0.05, 0) is 24.3 Å². The molecule has 0 N–H and O–H groups in total. The highest BCUT2D eigenvalue weighted by atomic mass is 35.5. The number of halogens is 2. The zero-order valence-corrected chi connectivity index (χ0v) is 12.7. The van der Waals surface area contributed by atoms with E-state index in [1.807, 2.05) is 12.1 Å². The summed E-state index contributed by atoms with van der Waals surface area (Å²) in [5.41, 5.74) is 1.34. The summed E-state index contributed by atoms with van der Waals surface area (Å²) in [7, 11) is 0. The number of benzene rings is 2. The first-order valence-electron chi connectivity index (χ1n) is 6.12. The lowest BCUT2D eigenvalue weighted by Gasteiger charge is -1.98. The molecule has 2 rings (SSSR count). The number of hydrogen-bond donors (Lipinski definition) is 0. The van der Waals surface area contributed by atoms with Crippen molar-refractivity contribution in [3.63, 3.8) is 0 Å². The van der Waals surface area contributed by atoms with E-state index in [-0.39, 0.29) is 11.4 Å². The lowest BCUT2D eigenvalue weighted by atomic mass is 10.1. The van der Waals surface area contributed by atoms with Crippen molar-refractivity contribution in [2.24, 2.45) is 10.2 Å². The van der Waals surface area contributed by atoms with Crippen molar-refractivity contribution in [1.29, 1.82) is 10.5 Å². The van der Waals surface area contributed by atoms with Crippen molar-refractivity contribution >= 4 is 34.6 Å². The molecule has 0 aliphatic rings. The summed E-state index contributed by atoms with van der Waals surface area (Å²) in [6.07, 6.45) is 0. The number of nitrogens with zero attached hydrogens (tertiary/aromatic N) is 4. The average molecular weight is 327 g/mol. The van der Waals surface area contributed by atoms with Crippen LogP contribution in [0.15, 0.2) is 58.7 Å². The predicted molar refractivity (Wildman–Crippen MR) is 87.2 cm³/mol. The monoisotopic (exact) mass is 326 g/mol. The van der Waals surface area contributed by atoms with Crippen molar-refractivity contribution < 1.29 is 0 Å². The van der Waals surface area contributed by atoms with Gasteiger partial charge in [0.15, 0.2) is 11.4 Å². The lowest BCUT2D eigenvalue weighted by Crippen LogP contribution is -1.99. The van der Waals surface area contributed by atoms with Crippen LogP contribution in [0.2, 0.25) is 10.0 Å². The van der Waals surface area contributed by atoms with Gasteiger partial charge in [0, 0.05) is 21.2 Å². The quantitative estimate of drug-likeness (QED) is 0.625. The SMILES string of the molecule is N#C/C(=N\N=C(/C#N)c1ccc(Cl)cc1)c1ccc(Cl)cc1. The zero-order valence-electron chi connectivity index (χ0n) is 11.2. The molecule has 4 nitrogen and oxygen atoms in total. The Labute approximate surface area is 137 Å². The van der Waals surface area contributed by atoms with Crippen LogP contribution in [0.1, 0.15) is 11.1 Å². The summed E-state index contributed by atoms with van der Waals surface area (Å²) >= 11 is 11.6. The Morgan fingerprint density at radius 2 is 1.00 bits per heavy atom. The third-order valence-corrected chi connectivity index (χ3v) is 3.20. The minimum Gasteiger partial charge on any atom is -0.191 e. The Morgan fingerprint density at radius 1 is 0.682 bits per heavy atom. The summed E-state index contributed by atoms with van der Waals surface area (Å²) in [5.74, 6) is 0. The highest BCUT2D eigenvalue weighted by molar-refractivity contribution is 6.31. The molecule has 0 radical (unpaired) electrons. The van der Waals surface area contributed by atoms with Gasteiger partial charge in [-0.3, -0.25) is 0 Å². The van der Waals surface area contributed by atoms with Crippen molar-refractivity contribution in [1.82, 2.24) is 0 Å². The molecule has 0 atom stereocenters. The fourth-order valence-electron chi connectivity index (χ4n) is 1.60. The van der Waals surface area contributed by atoms with Gasteiger partial charge in [-0.1, -0.05) is 47.5 Å². The van der Waals surface area contributed by atoms with Gasteiger partial charge in [-0.25, -0.2) is 0 Å². The van der Waals surface area contributed by atoms with Crippen molar-refractivity contribution in [3.05, 3.63) is 69.7 Å². The normalized spacial score (nSPS) is 11.6. The maximum absolute atomic E-state index is 9.16. The zero-order chi connectivity index (χ0) is 15.9. The van der Waals surface area contributed by atoms with Gasteiger partial charge < -0.3 is 0 Å². The molecule has 0 saturated heterocycles. The summed E-state index contributed by atoms with van der Waals surface area (Å²) in [4.78, 5) is 0. The van der Waals surface area contributed by atoms with Crippen LogP contribution in [0.4, 0.5) is 0 Å². The molecule has 0 amide bonds. The first-order chi connectivity index (χ1) is 10.6. The van der Waals surface area contributed by atoms with E-state index in [1.165, 1.54) is 0 Å². The molecule has 2 aromatic carbocycles. The van der Waals surface area contributed by atoms with Crippen LogP contribution in [0.3, 0.4) is 0 Å². The molecule has 0 unspecified atom stereocenters. The first kappa shape index (κ1) is 15.7. The Morgan fingerprint density at radius 3 is 1.27 bits per heavy atom. The number of nitriles is 2. The van der Waals surface area contributed by atoms with Gasteiger partial charge in [0.05, 0.1) is 0 Å². The molecule has 0 saturated carbocycles. The van der Waals surface area contributed by atoms with Crippen LogP contribution in [-0.4, -0.2) is 11.4 Å². The highest BCUT2D eigenvalue weighted by Gasteiger charge is 2.05. The smallest absolute Gasteiger partial charge is 0.170 e. The molecule has 0 bridgehead atoms. The van der Waals surface area contributed by atoms with Crippen LogP contribution in [0, 0.1) is 22.7 Å². The van der Waals surface area contributed by atoms with Crippen molar-refractivity contribution in [2.75, 3.05) is 0 Å². The Hall–Kier alpha value is -2.66. The minimum atomic E-state index is 0.0957. The Balaban J connectivity index is 2.36. The molecular weight excluding hydrogens is 319 g/mol. The highest BCUT2D eigenvalue weighted by Crippen LogP contribution is 2.12. The van der Waals surface area contributed by atoms with Gasteiger partial charge in [0.2, 0.25) is 0 Å². The molecule has 0 aliphatic heterocycles. The van der Waals surface area contributed by atoms with Crippen molar-refractivity contribution in [3.8, 4) is 12.1 Å². The second-order valence-corrected chi connectivity index (χ2v) is 5.01.